The molecule has 0 saturated heterocycles. The normalized spacial score (nSPS) is 10.4. The molecule has 1 amide bonds. The molecule has 2 aromatic carbocycles. The van der Waals surface area contributed by atoms with Crippen molar-refractivity contribution in [1.29, 1.82) is 0 Å². The first-order chi connectivity index (χ1) is 17.0. The summed E-state index contributed by atoms with van der Waals surface area (Å²) in [6.45, 7) is 5.37. The fourth-order valence-corrected chi connectivity index (χ4v) is 3.60. The number of unbranched alkanes of at least 4 members (excludes halogenated alkanes) is 1. The van der Waals surface area contributed by atoms with Gasteiger partial charge in [-0.15, -0.1) is 0 Å². The van der Waals surface area contributed by atoms with Crippen molar-refractivity contribution >= 4 is 34.8 Å². The molecule has 0 saturated carbocycles. The van der Waals surface area contributed by atoms with Gasteiger partial charge < -0.3 is 20.1 Å². The number of thiocarbonyl (C=S) groups is 1. The molecule has 3 rings (SSSR count). The van der Waals surface area contributed by atoms with Gasteiger partial charge >= 0.3 is 6.09 Å². The second-order valence-corrected chi connectivity index (χ2v) is 8.21. The van der Waals surface area contributed by atoms with Gasteiger partial charge in [-0.2, -0.15) is 0 Å². The Morgan fingerprint density at radius 1 is 1.03 bits per heavy atom. The first-order valence-electron chi connectivity index (χ1n) is 11.7. The molecule has 0 radical (unpaired) electrons. The monoisotopic (exact) mass is 492 g/mol. The number of rotatable bonds is 10. The van der Waals surface area contributed by atoms with Crippen LogP contribution in [-0.2, 0) is 11.3 Å². The van der Waals surface area contributed by atoms with Crippen LogP contribution >= 0.6 is 12.2 Å². The van der Waals surface area contributed by atoms with Crippen LogP contribution < -0.4 is 20.3 Å². The average molecular weight is 493 g/mol. The van der Waals surface area contributed by atoms with Crippen LogP contribution in [0, 0.1) is 0 Å². The molecular weight excluding hydrogens is 460 g/mol. The van der Waals surface area contributed by atoms with Crippen LogP contribution in [0.4, 0.5) is 16.2 Å². The zero-order chi connectivity index (χ0) is 25.0. The van der Waals surface area contributed by atoms with E-state index in [0.717, 1.165) is 46.9 Å². The number of ether oxygens (including phenoxy) is 2. The second kappa shape index (κ2) is 13.3. The van der Waals surface area contributed by atoms with E-state index in [2.05, 4.69) is 17.6 Å². The highest BCUT2D eigenvalue weighted by molar-refractivity contribution is 7.80. The van der Waals surface area contributed by atoms with Crippen LogP contribution in [0.15, 0.2) is 66.7 Å². The van der Waals surface area contributed by atoms with E-state index in [9.17, 15) is 4.79 Å². The van der Waals surface area contributed by atoms with Crippen molar-refractivity contribution in [3.63, 3.8) is 0 Å². The number of anilines is 2. The van der Waals surface area contributed by atoms with Gasteiger partial charge in [0.15, 0.2) is 5.11 Å². The number of nitrogens with zero attached hydrogens (tertiary/aromatic N) is 2. The highest BCUT2D eigenvalue weighted by atomic mass is 32.1. The molecule has 7 nitrogen and oxygen atoms in total. The maximum absolute atomic E-state index is 12.4. The van der Waals surface area contributed by atoms with Crippen molar-refractivity contribution in [3.8, 4) is 17.0 Å². The van der Waals surface area contributed by atoms with E-state index in [1.54, 1.807) is 12.0 Å². The number of carbonyl (C=O) groups excluding carboxylic acids is 1. The number of hydrogen-bond acceptors (Lipinski definition) is 5. The van der Waals surface area contributed by atoms with E-state index in [0.29, 0.717) is 24.8 Å². The summed E-state index contributed by atoms with van der Waals surface area (Å²) in [6.07, 6.45) is 1.59. The minimum atomic E-state index is -0.320. The van der Waals surface area contributed by atoms with Crippen LogP contribution in [0.3, 0.4) is 0 Å². The van der Waals surface area contributed by atoms with Crippen molar-refractivity contribution in [1.82, 2.24) is 10.3 Å². The van der Waals surface area contributed by atoms with Crippen LogP contribution in [0.25, 0.3) is 11.3 Å². The lowest BCUT2D eigenvalue weighted by Crippen LogP contribution is -2.32. The Labute approximate surface area is 212 Å². The Hall–Kier alpha value is -3.65. The lowest BCUT2D eigenvalue weighted by atomic mass is 10.1. The quantitative estimate of drug-likeness (QED) is 0.336. The van der Waals surface area contributed by atoms with Crippen molar-refractivity contribution in [3.05, 3.63) is 72.4 Å². The number of methoxy groups -OCH3 is 1. The second-order valence-electron chi connectivity index (χ2n) is 7.80. The van der Waals surface area contributed by atoms with Crippen LogP contribution in [0.5, 0.6) is 5.75 Å². The number of benzene rings is 2. The van der Waals surface area contributed by atoms with E-state index in [1.807, 2.05) is 73.7 Å². The van der Waals surface area contributed by atoms with Gasteiger partial charge in [0.1, 0.15) is 5.75 Å². The van der Waals surface area contributed by atoms with Gasteiger partial charge in [0, 0.05) is 23.5 Å². The molecule has 0 spiro atoms. The minimum Gasteiger partial charge on any atom is -0.497 e. The molecule has 2 N–H and O–H groups in total. The Balaban J connectivity index is 1.63. The van der Waals surface area contributed by atoms with Gasteiger partial charge in [0.25, 0.3) is 0 Å². The lowest BCUT2D eigenvalue weighted by Gasteiger charge is -2.22. The highest BCUT2D eigenvalue weighted by Gasteiger charge is 2.16. The third-order valence-electron chi connectivity index (χ3n) is 5.28. The molecule has 1 heterocycles. The number of nitrogens with one attached hydrogen (secondary N) is 2. The summed E-state index contributed by atoms with van der Waals surface area (Å²) in [5.41, 5.74) is 4.37. The van der Waals surface area contributed by atoms with Crippen molar-refractivity contribution in [2.45, 2.75) is 33.2 Å². The molecule has 0 aliphatic rings. The number of amides is 1. The van der Waals surface area contributed by atoms with Gasteiger partial charge in [-0.1, -0.05) is 31.5 Å². The molecule has 35 heavy (non-hydrogen) atoms. The van der Waals surface area contributed by atoms with Gasteiger partial charge in [-0.05, 0) is 74.1 Å². The van der Waals surface area contributed by atoms with Crippen molar-refractivity contribution < 1.29 is 14.3 Å². The number of aromatic nitrogens is 1. The minimum absolute atomic E-state index is 0.320. The topological polar surface area (TPSA) is 75.7 Å². The Morgan fingerprint density at radius 3 is 2.43 bits per heavy atom. The summed E-state index contributed by atoms with van der Waals surface area (Å²) in [5.74, 6) is 0.790. The van der Waals surface area contributed by atoms with E-state index >= 15 is 0 Å². The van der Waals surface area contributed by atoms with E-state index in [4.69, 9.17) is 26.7 Å². The Kier molecular flexibility index (Phi) is 9.86. The van der Waals surface area contributed by atoms with Crippen molar-refractivity contribution in [2.24, 2.45) is 0 Å². The maximum Gasteiger partial charge on any atom is 0.414 e. The predicted molar refractivity (Wildman–Crippen MR) is 145 cm³/mol. The lowest BCUT2D eigenvalue weighted by molar-refractivity contribution is 0.159. The summed E-state index contributed by atoms with van der Waals surface area (Å²) >= 11 is 5.41. The Morgan fingerprint density at radius 2 is 1.77 bits per heavy atom. The first-order valence-corrected chi connectivity index (χ1v) is 12.1. The first kappa shape index (κ1) is 26.0. The fourth-order valence-electron chi connectivity index (χ4n) is 3.41. The molecule has 0 unspecified atom stereocenters. The third-order valence-corrected chi connectivity index (χ3v) is 5.53. The van der Waals surface area contributed by atoms with Gasteiger partial charge in [-0.3, -0.25) is 9.88 Å². The largest absolute Gasteiger partial charge is 0.497 e. The molecule has 0 aliphatic carbocycles. The van der Waals surface area contributed by atoms with Gasteiger partial charge in [-0.25, -0.2) is 4.79 Å². The summed E-state index contributed by atoms with van der Waals surface area (Å²) in [4.78, 5) is 18.8. The number of pyridine rings is 1. The molecule has 8 heteroatoms. The van der Waals surface area contributed by atoms with E-state index in [-0.39, 0.29) is 6.09 Å². The standard InChI is InChI=1S/C27H32N4O3S/c1-4-6-18-31(27(32)34-5-2)23-14-10-20(11-15-23)25-9-7-8-22(29-25)19-28-26(35)30-21-12-16-24(33-3)17-13-21/h7-17H,4-6,18-19H2,1-3H3,(H2,28,30,35). The highest BCUT2D eigenvalue weighted by Crippen LogP contribution is 2.23. The summed E-state index contributed by atoms with van der Waals surface area (Å²) in [5, 5.41) is 6.86. The summed E-state index contributed by atoms with van der Waals surface area (Å²) < 4.78 is 10.4. The fraction of sp³-hybridized carbons (Fsp3) is 0.296. The Bertz CT molecular complexity index is 1100. The molecule has 1 aromatic heterocycles. The molecule has 3 aromatic rings. The molecule has 0 aliphatic heterocycles. The number of carbonyl (C=O) groups is 1. The van der Waals surface area contributed by atoms with E-state index < -0.39 is 0 Å². The van der Waals surface area contributed by atoms with Crippen LogP contribution in [0.1, 0.15) is 32.4 Å². The zero-order valence-electron chi connectivity index (χ0n) is 20.4. The average Bonchev–Trinajstić information content (AvgIpc) is 2.89. The third kappa shape index (κ3) is 7.68. The molecular formula is C27H32N4O3S. The van der Waals surface area contributed by atoms with Crippen molar-refractivity contribution in [2.75, 3.05) is 30.5 Å². The summed E-state index contributed by atoms with van der Waals surface area (Å²) in [7, 11) is 1.63. The van der Waals surface area contributed by atoms with Crippen LogP contribution in [-0.4, -0.2) is 36.5 Å². The molecule has 0 atom stereocenters. The predicted octanol–water partition coefficient (Wildman–Crippen LogP) is 6.01. The molecule has 0 bridgehead atoms. The van der Waals surface area contributed by atoms with Gasteiger partial charge in [0.05, 0.1) is 31.6 Å². The van der Waals surface area contributed by atoms with Crippen LogP contribution in [0.2, 0.25) is 0 Å². The zero-order valence-corrected chi connectivity index (χ0v) is 21.2. The van der Waals surface area contributed by atoms with E-state index in [1.165, 1.54) is 0 Å². The maximum atomic E-state index is 12.4. The SMILES string of the molecule is CCCCN(C(=O)OCC)c1ccc(-c2cccc(CNC(=S)Nc3ccc(OC)cc3)n2)cc1. The molecule has 0 fully saturated rings. The van der Waals surface area contributed by atoms with Gasteiger partial charge in [0.2, 0.25) is 0 Å². The number of hydrogen-bond donors (Lipinski definition) is 2. The smallest absolute Gasteiger partial charge is 0.414 e. The molecule has 184 valence electrons. The summed E-state index contributed by atoms with van der Waals surface area (Å²) in [6, 6.07) is 21.3.